The Morgan fingerprint density at radius 1 is 0.932 bits per heavy atom. The van der Waals surface area contributed by atoms with Gasteiger partial charge >= 0.3 is 6.18 Å². The Bertz CT molecular complexity index is 2380. The normalized spacial score (nSPS) is 17.2. The largest absolute Gasteiger partial charge is 0.457 e. The number of unbranched alkanes of at least 4 members (excludes halogenated alkanes) is 2. The molecule has 0 saturated heterocycles. The summed E-state index contributed by atoms with van der Waals surface area (Å²) in [6.45, 7) is 5.02. The predicted molar refractivity (Wildman–Crippen MR) is 213 cm³/mol. The number of ether oxygens (including phenoxy) is 1. The summed E-state index contributed by atoms with van der Waals surface area (Å²) >= 11 is 0. The van der Waals surface area contributed by atoms with Crippen LogP contribution in [0, 0.1) is 5.92 Å². The number of nitrogens with zero attached hydrogens (tertiary/aromatic N) is 3. The summed E-state index contributed by atoms with van der Waals surface area (Å²) in [5.41, 5.74) is -0.383. The van der Waals surface area contributed by atoms with Gasteiger partial charge in [-0.25, -0.2) is 4.98 Å². The van der Waals surface area contributed by atoms with Gasteiger partial charge in [-0.15, -0.1) is 0 Å². The molecule has 0 spiro atoms. The van der Waals surface area contributed by atoms with Crippen LogP contribution < -0.4 is 20.7 Å². The zero-order chi connectivity index (χ0) is 41.9. The molecule has 1 aliphatic carbocycles. The number of Topliss-reactive ketones (excluding diaryl/α,β-unsaturated/α-hetero) is 1. The van der Waals surface area contributed by atoms with Gasteiger partial charge in [0.1, 0.15) is 22.9 Å². The number of alkyl halides is 3. The van der Waals surface area contributed by atoms with Crippen LogP contribution in [0.4, 0.5) is 18.9 Å². The lowest BCUT2D eigenvalue weighted by molar-refractivity contribution is -0.141. The molecule has 3 aromatic carbocycles. The molecule has 0 radical (unpaired) electrons. The third-order valence-corrected chi connectivity index (χ3v) is 10.9. The molecule has 0 unspecified atom stereocenters. The summed E-state index contributed by atoms with van der Waals surface area (Å²) in [6.07, 6.45) is 5.31. The second-order valence-corrected chi connectivity index (χ2v) is 15.7. The average Bonchev–Trinajstić information content (AvgIpc) is 3.62. The summed E-state index contributed by atoms with van der Waals surface area (Å²) in [5.74, 6) is -1.90. The Labute approximate surface area is 338 Å². The minimum atomic E-state index is -4.69. The molecular formula is C44H45F3N6O6. The molecule has 3 amide bonds. The van der Waals surface area contributed by atoms with E-state index < -0.39 is 41.0 Å². The molecule has 1 fully saturated rings. The number of aliphatic hydroxyl groups is 1. The summed E-state index contributed by atoms with van der Waals surface area (Å²) in [7, 11) is 0. The first-order chi connectivity index (χ1) is 28.1. The predicted octanol–water partition coefficient (Wildman–Crippen LogP) is 7.91. The van der Waals surface area contributed by atoms with Crippen molar-refractivity contribution in [1.82, 2.24) is 25.4 Å². The number of carbonyl (C=O) groups is 4. The number of fused-ring (bicyclic) bond motifs is 2. The van der Waals surface area contributed by atoms with Crippen LogP contribution in [-0.4, -0.2) is 56.5 Å². The Morgan fingerprint density at radius 3 is 2.41 bits per heavy atom. The molecule has 2 aliphatic rings. The number of aromatic nitrogens is 3. The third kappa shape index (κ3) is 9.69. The molecule has 7 rings (SSSR count). The highest BCUT2D eigenvalue weighted by Gasteiger charge is 2.34. The number of anilines is 1. The molecule has 59 heavy (non-hydrogen) atoms. The van der Waals surface area contributed by atoms with Gasteiger partial charge in [-0.2, -0.15) is 18.3 Å². The fourth-order valence-electron chi connectivity index (χ4n) is 7.70. The van der Waals surface area contributed by atoms with Crippen LogP contribution in [0.5, 0.6) is 11.5 Å². The van der Waals surface area contributed by atoms with E-state index in [4.69, 9.17) is 9.84 Å². The number of carbonyl (C=O) groups excluding carboxylic acids is 4. The summed E-state index contributed by atoms with van der Waals surface area (Å²) in [4.78, 5) is 52.8. The van der Waals surface area contributed by atoms with Crippen LogP contribution in [0.15, 0.2) is 79.0 Å². The highest BCUT2D eigenvalue weighted by molar-refractivity contribution is 6.49. The van der Waals surface area contributed by atoms with E-state index in [-0.39, 0.29) is 34.3 Å². The Balaban J connectivity index is 0.839. The van der Waals surface area contributed by atoms with E-state index in [0.717, 1.165) is 87.5 Å². The molecule has 5 aromatic rings. The molecule has 3 heterocycles. The van der Waals surface area contributed by atoms with E-state index in [1.54, 1.807) is 38.1 Å². The van der Waals surface area contributed by atoms with E-state index in [9.17, 15) is 37.5 Å². The van der Waals surface area contributed by atoms with Crippen molar-refractivity contribution in [3.8, 4) is 11.5 Å². The summed E-state index contributed by atoms with van der Waals surface area (Å²) in [6, 6.07) is 19.0. The van der Waals surface area contributed by atoms with Crippen LogP contribution in [0.25, 0.3) is 10.9 Å². The number of halogens is 3. The van der Waals surface area contributed by atoms with E-state index in [1.165, 1.54) is 12.1 Å². The molecule has 2 aromatic heterocycles. The Morgan fingerprint density at radius 2 is 1.68 bits per heavy atom. The lowest BCUT2D eigenvalue weighted by Crippen LogP contribution is -2.42. The third-order valence-electron chi connectivity index (χ3n) is 10.9. The first-order valence-electron chi connectivity index (χ1n) is 19.8. The van der Waals surface area contributed by atoms with Crippen molar-refractivity contribution in [3.63, 3.8) is 0 Å². The molecule has 308 valence electrons. The molecule has 15 heteroatoms. The molecular weight excluding hydrogens is 766 g/mol. The van der Waals surface area contributed by atoms with Crippen LogP contribution >= 0.6 is 0 Å². The summed E-state index contributed by atoms with van der Waals surface area (Å²) < 4.78 is 47.5. The van der Waals surface area contributed by atoms with Crippen molar-refractivity contribution >= 4 is 40.1 Å². The number of imide groups is 1. The topological polar surface area (TPSA) is 165 Å². The lowest BCUT2D eigenvalue weighted by atomic mass is 9.86. The van der Waals surface area contributed by atoms with Gasteiger partial charge in [0.05, 0.1) is 22.7 Å². The number of rotatable bonds is 14. The minimum absolute atomic E-state index is 0.0321. The van der Waals surface area contributed by atoms with E-state index in [1.807, 2.05) is 35.1 Å². The van der Waals surface area contributed by atoms with Gasteiger partial charge in [-0.1, -0.05) is 30.7 Å². The molecule has 4 N–H and O–H groups in total. The summed E-state index contributed by atoms with van der Waals surface area (Å²) in [5, 5.41) is 24.8. The lowest BCUT2D eigenvalue weighted by Gasteiger charge is -2.28. The smallest absolute Gasteiger partial charge is 0.433 e. The highest BCUT2D eigenvalue weighted by Crippen LogP contribution is 2.36. The maximum Gasteiger partial charge on any atom is 0.433 e. The van der Waals surface area contributed by atoms with Gasteiger partial charge in [0.25, 0.3) is 23.5 Å². The van der Waals surface area contributed by atoms with Crippen LogP contribution in [0.2, 0.25) is 0 Å². The number of benzene rings is 3. The number of hydrogen-bond donors (Lipinski definition) is 4. The van der Waals surface area contributed by atoms with Crippen molar-refractivity contribution in [1.29, 1.82) is 0 Å². The number of amides is 3. The van der Waals surface area contributed by atoms with Crippen LogP contribution in [0.1, 0.15) is 113 Å². The van der Waals surface area contributed by atoms with Crippen molar-refractivity contribution in [3.05, 3.63) is 113 Å². The van der Waals surface area contributed by atoms with Crippen molar-refractivity contribution in [2.24, 2.45) is 5.92 Å². The SMILES string of the molecule is CC(C)(O)c1cc2nn(C3CCC(CNCCCCCc4ccc(Oc5cccc6c5C(=O)NC(=O)C6=O)cc4)CC3)cc2cc1NC(=O)c1cccc(C(F)(F)F)n1. The molecule has 0 bridgehead atoms. The van der Waals surface area contributed by atoms with Gasteiger partial charge < -0.3 is 20.5 Å². The molecule has 1 saturated carbocycles. The zero-order valence-electron chi connectivity index (χ0n) is 32.7. The van der Waals surface area contributed by atoms with Crippen LogP contribution in [-0.2, 0) is 23.0 Å². The van der Waals surface area contributed by atoms with Gasteiger partial charge in [-0.05, 0) is 132 Å². The van der Waals surface area contributed by atoms with Crippen molar-refractivity contribution in [2.45, 2.75) is 83.0 Å². The Hall–Kier alpha value is -5.93. The molecule has 1 aliphatic heterocycles. The first kappa shape index (κ1) is 41.2. The van der Waals surface area contributed by atoms with E-state index >= 15 is 0 Å². The fraction of sp³-hybridized carbons (Fsp3) is 0.364. The fourth-order valence-corrected chi connectivity index (χ4v) is 7.70. The Kier molecular flexibility index (Phi) is 12.0. The maximum atomic E-state index is 13.2. The van der Waals surface area contributed by atoms with Gasteiger partial charge in [0, 0.05) is 28.4 Å². The maximum absolute atomic E-state index is 13.2. The van der Waals surface area contributed by atoms with Crippen molar-refractivity contribution < 1.29 is 42.2 Å². The number of ketones is 1. The van der Waals surface area contributed by atoms with E-state index in [0.29, 0.717) is 22.7 Å². The second kappa shape index (κ2) is 17.1. The van der Waals surface area contributed by atoms with Gasteiger partial charge in [0.2, 0.25) is 0 Å². The van der Waals surface area contributed by atoms with E-state index in [2.05, 4.69) is 20.9 Å². The number of aryl methyl sites for hydroxylation is 1. The number of pyridine rings is 1. The van der Waals surface area contributed by atoms with Gasteiger partial charge in [0.15, 0.2) is 0 Å². The number of hydrogen-bond acceptors (Lipinski definition) is 9. The minimum Gasteiger partial charge on any atom is -0.457 e. The number of nitrogens with one attached hydrogen (secondary N) is 3. The monoisotopic (exact) mass is 810 g/mol. The van der Waals surface area contributed by atoms with Gasteiger partial charge in [-0.3, -0.25) is 29.2 Å². The molecule has 0 atom stereocenters. The highest BCUT2D eigenvalue weighted by atomic mass is 19.4. The standard InChI is InChI=1S/C44H45F3N6O6/c1-43(2,58)32-23-34-28(22-35(32)50-40(55)33-10-7-12-37(49-33)44(45,46)47)25-53(52-34)29-17-13-27(14-18-29)24-48-21-5-3-4-8-26-15-19-30(20-16-26)59-36-11-6-9-31-38(36)41(56)51-42(57)39(31)54/h6-7,9-12,15-16,19-20,22-23,25,27,29,48,58H,3-5,8,13-14,17-18,21,24H2,1-2H3,(H,50,55)(H,51,56,57). The average molecular weight is 811 g/mol. The van der Waals surface area contributed by atoms with Crippen molar-refractivity contribution in [2.75, 3.05) is 18.4 Å². The zero-order valence-corrected chi connectivity index (χ0v) is 32.7. The molecule has 12 nitrogen and oxygen atoms in total. The first-order valence-corrected chi connectivity index (χ1v) is 19.8. The van der Waals surface area contributed by atoms with Crippen LogP contribution in [0.3, 0.4) is 0 Å². The quantitative estimate of drug-likeness (QED) is 0.0496. The second-order valence-electron chi connectivity index (χ2n) is 15.7.